The molecule has 2 aromatic heterocycles. The Kier molecular flexibility index (Phi) is 5.62. The van der Waals surface area contributed by atoms with Gasteiger partial charge in [-0.15, -0.1) is 11.3 Å². The molecule has 2 aromatic carbocycles. The number of aromatic nitrogens is 2. The fourth-order valence-corrected chi connectivity index (χ4v) is 4.75. The van der Waals surface area contributed by atoms with E-state index in [2.05, 4.69) is 4.98 Å². The maximum absolute atomic E-state index is 14.6. The van der Waals surface area contributed by atoms with E-state index in [1.807, 2.05) is 35.8 Å². The van der Waals surface area contributed by atoms with Crippen LogP contribution in [0.4, 0.5) is 8.78 Å². The summed E-state index contributed by atoms with van der Waals surface area (Å²) in [6.07, 6.45) is 0. The molecule has 0 bridgehead atoms. The predicted molar refractivity (Wildman–Crippen MR) is 114 cm³/mol. The van der Waals surface area contributed by atoms with Crippen LogP contribution in [0.3, 0.4) is 0 Å². The Morgan fingerprint density at radius 1 is 1.20 bits per heavy atom. The number of benzene rings is 2. The molecule has 10 heteroatoms. The van der Waals surface area contributed by atoms with Crippen molar-refractivity contribution < 1.29 is 13.6 Å². The zero-order valence-electron chi connectivity index (χ0n) is 15.3. The van der Waals surface area contributed by atoms with Crippen molar-refractivity contribution in [2.75, 3.05) is 5.75 Å². The van der Waals surface area contributed by atoms with Gasteiger partial charge >= 0.3 is 0 Å². The third kappa shape index (κ3) is 3.72. The predicted octanol–water partition coefficient (Wildman–Crippen LogP) is 3.47. The average Bonchev–Trinajstić information content (AvgIpc) is 3.19. The lowest BCUT2D eigenvalue weighted by Gasteiger charge is -2.13. The van der Waals surface area contributed by atoms with Crippen LogP contribution in [0.15, 0.2) is 63.9 Å². The Morgan fingerprint density at radius 3 is 2.70 bits per heavy atom. The number of fused-ring (bicyclic) bond motifs is 1. The van der Waals surface area contributed by atoms with Crippen LogP contribution in [-0.4, -0.2) is 21.2 Å². The lowest BCUT2D eigenvalue weighted by atomic mass is 10.1. The normalized spacial score (nSPS) is 11.0. The van der Waals surface area contributed by atoms with Gasteiger partial charge in [0.25, 0.3) is 5.56 Å². The highest BCUT2D eigenvalue weighted by molar-refractivity contribution is 7.99. The topological polar surface area (TPSA) is 90.0 Å². The second-order valence-electron chi connectivity index (χ2n) is 6.18. The summed E-state index contributed by atoms with van der Waals surface area (Å²) in [5.74, 6) is 2.96. The number of rotatable bonds is 5. The third-order valence-electron chi connectivity index (χ3n) is 4.30. The van der Waals surface area contributed by atoms with Gasteiger partial charge in [0.1, 0.15) is 16.5 Å². The van der Waals surface area contributed by atoms with Gasteiger partial charge in [0, 0.05) is 17.0 Å². The minimum atomic E-state index is -0.790. The lowest BCUT2D eigenvalue weighted by molar-refractivity contribution is -0.118. The monoisotopic (exact) mass is 444 g/mol. The van der Waals surface area contributed by atoms with Crippen LogP contribution in [0.25, 0.3) is 27.0 Å². The van der Waals surface area contributed by atoms with Gasteiger partial charge in [0.05, 0.1) is 16.8 Å². The number of halogens is 2. The summed E-state index contributed by atoms with van der Waals surface area (Å²) >= 11 is 2.16. The zero-order chi connectivity index (χ0) is 21.3. The maximum Gasteiger partial charge on any atom is 0.268 e. The number of hydrogen-bond donors (Lipinski definition) is 2. The molecule has 0 aliphatic carbocycles. The van der Waals surface area contributed by atoms with Crippen molar-refractivity contribution in [2.24, 2.45) is 5.84 Å². The fraction of sp³-hybridized carbons (Fsp3) is 0.0500. The van der Waals surface area contributed by atoms with Gasteiger partial charge in [-0.3, -0.25) is 19.6 Å². The highest BCUT2D eigenvalue weighted by Gasteiger charge is 2.21. The van der Waals surface area contributed by atoms with E-state index in [-0.39, 0.29) is 16.6 Å². The van der Waals surface area contributed by atoms with Crippen molar-refractivity contribution in [1.29, 1.82) is 0 Å². The van der Waals surface area contributed by atoms with Gasteiger partial charge in [-0.25, -0.2) is 19.6 Å². The number of nitrogens with zero attached hydrogens (tertiary/aromatic N) is 2. The first-order valence-corrected chi connectivity index (χ1v) is 10.5. The second kappa shape index (κ2) is 8.34. The quantitative estimate of drug-likeness (QED) is 0.162. The average molecular weight is 444 g/mol. The molecule has 152 valence electrons. The van der Waals surface area contributed by atoms with Crippen LogP contribution in [-0.2, 0) is 4.79 Å². The van der Waals surface area contributed by atoms with Crippen molar-refractivity contribution in [1.82, 2.24) is 15.0 Å². The summed E-state index contributed by atoms with van der Waals surface area (Å²) in [5.41, 5.74) is 2.60. The van der Waals surface area contributed by atoms with Crippen molar-refractivity contribution in [3.63, 3.8) is 0 Å². The highest BCUT2D eigenvalue weighted by Crippen LogP contribution is 2.33. The molecule has 3 N–H and O–H groups in total. The van der Waals surface area contributed by atoms with E-state index >= 15 is 0 Å². The maximum atomic E-state index is 14.6. The number of hydrogen-bond acceptors (Lipinski definition) is 6. The summed E-state index contributed by atoms with van der Waals surface area (Å²) < 4.78 is 29.4. The van der Waals surface area contributed by atoms with E-state index in [1.54, 1.807) is 5.38 Å². The summed E-state index contributed by atoms with van der Waals surface area (Å²) in [7, 11) is 0. The Labute approximate surface area is 177 Å². The smallest absolute Gasteiger partial charge is 0.268 e. The Hall–Kier alpha value is -3.08. The highest BCUT2D eigenvalue weighted by atomic mass is 32.2. The largest absolute Gasteiger partial charge is 0.294 e. The molecule has 30 heavy (non-hydrogen) atoms. The second-order valence-corrected chi connectivity index (χ2v) is 7.98. The first-order chi connectivity index (χ1) is 14.5. The van der Waals surface area contributed by atoms with Crippen molar-refractivity contribution in [3.05, 3.63) is 75.9 Å². The van der Waals surface area contributed by atoms with Gasteiger partial charge in [-0.05, 0) is 17.7 Å². The molecule has 0 unspecified atom stereocenters. The summed E-state index contributed by atoms with van der Waals surface area (Å²) in [5, 5.41) is 2.14. The Bertz CT molecular complexity index is 1310. The molecular weight excluding hydrogens is 430 g/mol. The van der Waals surface area contributed by atoms with E-state index in [0.717, 1.165) is 40.1 Å². The standard InChI is InChI=1S/C20H14F2N4O2S2/c21-12-6-7-14(22)15(8-12)26-19(28)17-13(11-4-2-1-3-5-11)9-29-18(17)24-20(26)30-10-16(27)25-23/h1-9H,10,23H2,(H,25,27). The van der Waals surface area contributed by atoms with Crippen LogP contribution in [0.1, 0.15) is 0 Å². The molecule has 2 heterocycles. The molecule has 4 rings (SSSR count). The molecule has 0 fully saturated rings. The number of thioether (sulfide) groups is 1. The van der Waals surface area contributed by atoms with Gasteiger partial charge in [0.2, 0.25) is 5.91 Å². The van der Waals surface area contributed by atoms with Crippen LogP contribution in [0, 0.1) is 11.6 Å². The number of hydrazine groups is 1. The first-order valence-electron chi connectivity index (χ1n) is 8.67. The molecule has 0 saturated carbocycles. The molecule has 0 spiro atoms. The van der Waals surface area contributed by atoms with Gasteiger partial charge in [-0.2, -0.15) is 0 Å². The van der Waals surface area contributed by atoms with Gasteiger partial charge in [-0.1, -0.05) is 42.1 Å². The SMILES string of the molecule is NNC(=O)CSc1nc2scc(-c3ccccc3)c2c(=O)n1-c1cc(F)ccc1F. The van der Waals surface area contributed by atoms with E-state index in [9.17, 15) is 18.4 Å². The minimum Gasteiger partial charge on any atom is -0.294 e. The number of nitrogens with one attached hydrogen (secondary N) is 1. The van der Waals surface area contributed by atoms with E-state index in [1.165, 1.54) is 11.3 Å². The number of amides is 1. The number of carbonyl (C=O) groups excluding carboxylic acids is 1. The molecule has 0 radical (unpaired) electrons. The molecule has 0 saturated heterocycles. The summed E-state index contributed by atoms with van der Waals surface area (Å²) in [6.45, 7) is 0. The molecule has 1 amide bonds. The first kappa shape index (κ1) is 20.2. The van der Waals surface area contributed by atoms with Crippen molar-refractivity contribution in [2.45, 2.75) is 5.16 Å². The van der Waals surface area contributed by atoms with Gasteiger partial charge < -0.3 is 0 Å². The van der Waals surface area contributed by atoms with Crippen LogP contribution in [0.2, 0.25) is 0 Å². The fourth-order valence-electron chi connectivity index (χ4n) is 2.94. The van der Waals surface area contributed by atoms with E-state index < -0.39 is 23.1 Å². The number of nitrogens with two attached hydrogens (primary N) is 1. The summed E-state index contributed by atoms with van der Waals surface area (Å²) in [4.78, 5) is 30.0. The molecule has 0 aliphatic heterocycles. The molecule has 0 atom stereocenters. The van der Waals surface area contributed by atoms with E-state index in [4.69, 9.17) is 5.84 Å². The third-order valence-corrected chi connectivity index (χ3v) is 6.12. The molecular formula is C20H14F2N4O2S2. The number of thiophene rings is 1. The zero-order valence-corrected chi connectivity index (χ0v) is 16.9. The van der Waals surface area contributed by atoms with Crippen molar-refractivity contribution >= 4 is 39.2 Å². The molecule has 0 aliphatic rings. The van der Waals surface area contributed by atoms with Crippen LogP contribution in [0.5, 0.6) is 0 Å². The van der Waals surface area contributed by atoms with Crippen molar-refractivity contribution in [3.8, 4) is 16.8 Å². The summed E-state index contributed by atoms with van der Waals surface area (Å²) in [6, 6.07) is 12.1. The Balaban J connectivity index is 2.00. The lowest BCUT2D eigenvalue weighted by Crippen LogP contribution is -2.32. The Morgan fingerprint density at radius 2 is 1.97 bits per heavy atom. The minimum absolute atomic E-state index is 0.0575. The van der Waals surface area contributed by atoms with E-state index in [0.29, 0.717) is 15.8 Å². The molecule has 6 nitrogen and oxygen atoms in total. The van der Waals surface area contributed by atoms with Crippen LogP contribution < -0.4 is 16.8 Å². The van der Waals surface area contributed by atoms with Gasteiger partial charge in [0.15, 0.2) is 5.16 Å². The number of carbonyl (C=O) groups is 1. The van der Waals surface area contributed by atoms with Crippen LogP contribution >= 0.6 is 23.1 Å². The molecule has 4 aromatic rings.